The van der Waals surface area contributed by atoms with Crippen molar-refractivity contribution in [2.75, 3.05) is 11.5 Å². The topological polar surface area (TPSA) is 37.3 Å². The highest BCUT2D eigenvalue weighted by Gasteiger charge is 2.19. The van der Waals surface area contributed by atoms with E-state index < -0.39 is 5.97 Å². The first kappa shape index (κ1) is 6.93. The lowest BCUT2D eigenvalue weighted by Crippen LogP contribution is -2.19. The van der Waals surface area contributed by atoms with Gasteiger partial charge in [-0.05, 0) is 18.6 Å². The molecule has 1 fully saturated rings. The van der Waals surface area contributed by atoms with Crippen LogP contribution >= 0.6 is 11.8 Å². The fraction of sp³-hybridized carbons (Fsp3) is 0.833. The molecule has 1 rings (SSSR count). The van der Waals surface area contributed by atoms with Gasteiger partial charge in [0.25, 0.3) is 0 Å². The minimum absolute atomic E-state index is 0.0660. The van der Waals surface area contributed by atoms with E-state index in [0.717, 1.165) is 24.3 Å². The first-order valence-corrected chi connectivity index (χ1v) is 4.26. The molecule has 0 unspecified atom stereocenters. The zero-order chi connectivity index (χ0) is 6.69. The van der Waals surface area contributed by atoms with Crippen molar-refractivity contribution in [3.63, 3.8) is 0 Å². The summed E-state index contributed by atoms with van der Waals surface area (Å²) in [6.45, 7) is 0. The number of carboxylic acids is 1. The number of aliphatic carboxylic acids is 1. The minimum Gasteiger partial charge on any atom is -0.481 e. The molecule has 9 heavy (non-hydrogen) atoms. The van der Waals surface area contributed by atoms with E-state index in [1.807, 2.05) is 0 Å². The molecule has 2 nitrogen and oxygen atoms in total. The van der Waals surface area contributed by atoms with Crippen LogP contribution in [0.1, 0.15) is 12.8 Å². The largest absolute Gasteiger partial charge is 0.481 e. The Bertz CT molecular complexity index is 108. The van der Waals surface area contributed by atoms with Crippen molar-refractivity contribution in [2.45, 2.75) is 12.8 Å². The number of thioether (sulfide) groups is 1. The molecule has 52 valence electrons. The highest BCUT2D eigenvalue weighted by Crippen LogP contribution is 2.22. The Morgan fingerprint density at radius 1 is 1.67 bits per heavy atom. The maximum absolute atomic E-state index is 10.3. The Kier molecular flexibility index (Phi) is 2.39. The molecular formula is C6H10O2S. The molecule has 0 aromatic carbocycles. The van der Waals surface area contributed by atoms with Crippen LogP contribution in [0.2, 0.25) is 0 Å². The van der Waals surface area contributed by atoms with Gasteiger partial charge in [0.1, 0.15) is 0 Å². The van der Waals surface area contributed by atoms with Crippen molar-refractivity contribution in [1.29, 1.82) is 0 Å². The average molecular weight is 146 g/mol. The molecule has 0 aliphatic carbocycles. The molecule has 1 aliphatic rings. The fourth-order valence-corrected chi connectivity index (χ4v) is 2.07. The van der Waals surface area contributed by atoms with E-state index in [0.29, 0.717) is 0 Å². The van der Waals surface area contributed by atoms with Gasteiger partial charge in [0.05, 0.1) is 5.92 Å². The van der Waals surface area contributed by atoms with Gasteiger partial charge in [0.15, 0.2) is 0 Å². The quantitative estimate of drug-likeness (QED) is 0.604. The van der Waals surface area contributed by atoms with E-state index in [1.54, 1.807) is 11.8 Å². The Morgan fingerprint density at radius 2 is 2.44 bits per heavy atom. The van der Waals surface area contributed by atoms with E-state index in [1.165, 1.54) is 0 Å². The lowest BCUT2D eigenvalue weighted by atomic mass is 10.1. The summed E-state index contributed by atoms with van der Waals surface area (Å²) in [6.07, 6.45) is 1.95. The molecule has 0 spiro atoms. The molecule has 0 aromatic rings. The van der Waals surface area contributed by atoms with Crippen molar-refractivity contribution in [2.24, 2.45) is 5.92 Å². The normalized spacial score (nSPS) is 27.8. The lowest BCUT2D eigenvalue weighted by molar-refractivity contribution is -0.141. The van der Waals surface area contributed by atoms with Crippen LogP contribution in [-0.4, -0.2) is 22.6 Å². The van der Waals surface area contributed by atoms with Gasteiger partial charge in [-0.15, -0.1) is 0 Å². The van der Waals surface area contributed by atoms with Crippen LogP contribution in [0, 0.1) is 5.92 Å². The minimum atomic E-state index is -0.623. The van der Waals surface area contributed by atoms with Gasteiger partial charge in [-0.2, -0.15) is 11.8 Å². The first-order valence-electron chi connectivity index (χ1n) is 3.11. The molecule has 0 bridgehead atoms. The summed E-state index contributed by atoms with van der Waals surface area (Å²) in [7, 11) is 0. The van der Waals surface area contributed by atoms with Crippen molar-refractivity contribution < 1.29 is 9.90 Å². The second-order valence-electron chi connectivity index (χ2n) is 2.25. The second-order valence-corrected chi connectivity index (χ2v) is 3.40. The second kappa shape index (κ2) is 3.11. The van der Waals surface area contributed by atoms with Crippen LogP contribution < -0.4 is 0 Å². The fourth-order valence-electron chi connectivity index (χ4n) is 0.935. The number of rotatable bonds is 1. The number of carbonyl (C=O) groups is 1. The predicted molar refractivity (Wildman–Crippen MR) is 37.7 cm³/mol. The van der Waals surface area contributed by atoms with Crippen molar-refractivity contribution in [3.8, 4) is 0 Å². The Morgan fingerprint density at radius 3 is 2.78 bits per heavy atom. The third-order valence-corrected chi connectivity index (χ3v) is 2.72. The summed E-state index contributed by atoms with van der Waals surface area (Å²) >= 11 is 1.75. The Hall–Kier alpha value is -0.180. The van der Waals surface area contributed by atoms with E-state index >= 15 is 0 Å². The van der Waals surface area contributed by atoms with Gasteiger partial charge in [-0.1, -0.05) is 0 Å². The monoisotopic (exact) mass is 146 g/mol. The van der Waals surface area contributed by atoms with E-state index in [9.17, 15) is 4.79 Å². The van der Waals surface area contributed by atoms with Crippen LogP contribution in [0.4, 0.5) is 0 Å². The van der Waals surface area contributed by atoms with Gasteiger partial charge < -0.3 is 5.11 Å². The predicted octanol–water partition coefficient (Wildman–Crippen LogP) is 1.21. The Labute approximate surface area is 58.6 Å². The third kappa shape index (κ3) is 1.90. The molecule has 0 aromatic heterocycles. The zero-order valence-corrected chi connectivity index (χ0v) is 5.99. The number of hydrogen-bond acceptors (Lipinski definition) is 2. The molecule has 3 heteroatoms. The number of carboxylic acid groups (broad SMARTS) is 1. The molecule has 0 saturated carbocycles. The maximum atomic E-state index is 10.3. The van der Waals surface area contributed by atoms with Gasteiger partial charge >= 0.3 is 5.97 Å². The smallest absolute Gasteiger partial charge is 0.307 e. The van der Waals surface area contributed by atoms with Crippen LogP contribution in [0.5, 0.6) is 0 Å². The first-order chi connectivity index (χ1) is 4.30. The SMILES string of the molecule is O=C(O)[C@@H]1CCCSC1. The highest BCUT2D eigenvalue weighted by atomic mass is 32.2. The maximum Gasteiger partial charge on any atom is 0.307 e. The van der Waals surface area contributed by atoms with Crippen molar-refractivity contribution in [1.82, 2.24) is 0 Å². The molecule has 0 radical (unpaired) electrons. The molecule has 1 aliphatic heterocycles. The summed E-state index contributed by atoms with van der Waals surface area (Å²) in [5.74, 6) is 1.27. The molecular weight excluding hydrogens is 136 g/mol. The highest BCUT2D eigenvalue weighted by molar-refractivity contribution is 7.99. The summed E-state index contributed by atoms with van der Waals surface area (Å²) in [4.78, 5) is 10.3. The number of hydrogen-bond donors (Lipinski definition) is 1. The Balaban J connectivity index is 2.31. The molecule has 1 N–H and O–H groups in total. The van der Waals surface area contributed by atoms with Crippen LogP contribution in [0.25, 0.3) is 0 Å². The summed E-state index contributed by atoms with van der Waals surface area (Å²) in [6, 6.07) is 0. The standard InChI is InChI=1S/C6H10O2S/c7-6(8)5-2-1-3-9-4-5/h5H,1-4H2,(H,7,8)/t5-/m1/s1. The van der Waals surface area contributed by atoms with Crippen LogP contribution in [0.15, 0.2) is 0 Å². The van der Waals surface area contributed by atoms with E-state index in [4.69, 9.17) is 5.11 Å². The van der Waals surface area contributed by atoms with Crippen LogP contribution in [-0.2, 0) is 4.79 Å². The lowest BCUT2D eigenvalue weighted by Gasteiger charge is -2.16. The summed E-state index contributed by atoms with van der Waals surface area (Å²) in [5, 5.41) is 8.52. The summed E-state index contributed by atoms with van der Waals surface area (Å²) < 4.78 is 0. The van der Waals surface area contributed by atoms with Crippen LogP contribution in [0.3, 0.4) is 0 Å². The molecule has 1 saturated heterocycles. The van der Waals surface area contributed by atoms with E-state index in [2.05, 4.69) is 0 Å². The van der Waals surface area contributed by atoms with Crippen molar-refractivity contribution >= 4 is 17.7 Å². The average Bonchev–Trinajstić information content (AvgIpc) is 1.90. The molecule has 1 heterocycles. The zero-order valence-electron chi connectivity index (χ0n) is 5.17. The summed E-state index contributed by atoms with van der Waals surface area (Å²) in [5.41, 5.74) is 0. The van der Waals surface area contributed by atoms with Gasteiger partial charge in [0.2, 0.25) is 0 Å². The van der Waals surface area contributed by atoms with Gasteiger partial charge in [-0.25, -0.2) is 0 Å². The van der Waals surface area contributed by atoms with E-state index in [-0.39, 0.29) is 5.92 Å². The van der Waals surface area contributed by atoms with Gasteiger partial charge in [0, 0.05) is 5.75 Å². The third-order valence-electron chi connectivity index (χ3n) is 1.51. The molecule has 1 atom stereocenters. The van der Waals surface area contributed by atoms with Gasteiger partial charge in [-0.3, -0.25) is 4.79 Å². The molecule has 0 amide bonds. The van der Waals surface area contributed by atoms with Crippen molar-refractivity contribution in [3.05, 3.63) is 0 Å².